The van der Waals surface area contributed by atoms with Crippen LogP contribution >= 0.6 is 0 Å². The number of carboxylic acids is 1. The number of hydrogen-bond acceptors (Lipinski definition) is 4. The molecule has 2 unspecified atom stereocenters. The first-order valence-corrected chi connectivity index (χ1v) is 5.08. The largest absolute Gasteiger partial charge is 0.479 e. The lowest BCUT2D eigenvalue weighted by molar-refractivity contribution is -0.159. The molecule has 4 atom stereocenters. The Morgan fingerprint density at radius 2 is 2.12 bits per heavy atom. The molecular formula is C10H13NO5. The molecule has 0 aromatic heterocycles. The van der Waals surface area contributed by atoms with E-state index in [9.17, 15) is 19.5 Å². The standard InChI is InChI=1S/C10H13NO5/c1-4(12)10(2)5-3-6(13)11(5)7(8(10)14)9(15)16/h4-5,7,12H,3H2,1-2H3,(H,15,16)/t4?,5-,7?,10-/m0/s1. The van der Waals surface area contributed by atoms with Gasteiger partial charge >= 0.3 is 5.97 Å². The highest BCUT2D eigenvalue weighted by Gasteiger charge is 2.67. The van der Waals surface area contributed by atoms with E-state index in [2.05, 4.69) is 0 Å². The van der Waals surface area contributed by atoms with Gasteiger partial charge in [-0.15, -0.1) is 0 Å². The number of carbonyl (C=O) groups is 3. The number of β-lactam (4-membered cyclic amide) rings is 1. The number of carbonyl (C=O) groups excluding carboxylic acids is 2. The fraction of sp³-hybridized carbons (Fsp3) is 0.700. The molecule has 0 saturated carbocycles. The van der Waals surface area contributed by atoms with Crippen molar-refractivity contribution in [3.8, 4) is 0 Å². The van der Waals surface area contributed by atoms with Gasteiger partial charge in [-0.3, -0.25) is 9.59 Å². The van der Waals surface area contributed by atoms with E-state index in [1.165, 1.54) is 13.8 Å². The molecule has 88 valence electrons. The van der Waals surface area contributed by atoms with Crippen molar-refractivity contribution < 1.29 is 24.6 Å². The quantitative estimate of drug-likeness (QED) is 0.466. The highest BCUT2D eigenvalue weighted by molar-refractivity contribution is 6.13. The summed E-state index contributed by atoms with van der Waals surface area (Å²) in [5.74, 6) is -2.24. The van der Waals surface area contributed by atoms with Gasteiger partial charge in [0.15, 0.2) is 11.8 Å². The van der Waals surface area contributed by atoms with Gasteiger partial charge < -0.3 is 15.1 Å². The highest BCUT2D eigenvalue weighted by Crippen LogP contribution is 2.47. The molecule has 1 amide bonds. The molecule has 0 aromatic carbocycles. The number of hydrogen-bond donors (Lipinski definition) is 2. The number of nitrogens with zero attached hydrogens (tertiary/aromatic N) is 1. The third-order valence-electron chi connectivity index (χ3n) is 3.84. The summed E-state index contributed by atoms with van der Waals surface area (Å²) in [4.78, 5) is 35.3. The minimum atomic E-state index is -1.43. The third-order valence-corrected chi connectivity index (χ3v) is 3.84. The molecule has 0 aromatic rings. The molecular weight excluding hydrogens is 214 g/mol. The Bertz CT molecular complexity index is 391. The van der Waals surface area contributed by atoms with E-state index < -0.39 is 35.4 Å². The van der Waals surface area contributed by atoms with Gasteiger partial charge in [0.1, 0.15) is 0 Å². The van der Waals surface area contributed by atoms with Gasteiger partial charge in [-0.1, -0.05) is 0 Å². The maximum atomic E-state index is 12.0. The van der Waals surface area contributed by atoms with Crippen molar-refractivity contribution in [3.05, 3.63) is 0 Å². The summed E-state index contributed by atoms with van der Waals surface area (Å²) in [6, 6.07) is -1.90. The Kier molecular flexibility index (Phi) is 2.10. The number of carboxylic acid groups (broad SMARTS) is 1. The van der Waals surface area contributed by atoms with Gasteiger partial charge in [0.25, 0.3) is 0 Å². The molecule has 6 nitrogen and oxygen atoms in total. The summed E-state index contributed by atoms with van der Waals surface area (Å²) in [6.45, 7) is 2.97. The highest BCUT2D eigenvalue weighted by atomic mass is 16.4. The van der Waals surface area contributed by atoms with Crippen molar-refractivity contribution in [2.45, 2.75) is 38.5 Å². The van der Waals surface area contributed by atoms with E-state index in [1.807, 2.05) is 0 Å². The number of aliphatic carboxylic acids is 1. The van der Waals surface area contributed by atoms with Crippen LogP contribution in [0.1, 0.15) is 20.3 Å². The van der Waals surface area contributed by atoms with E-state index in [0.29, 0.717) is 0 Å². The van der Waals surface area contributed by atoms with Crippen LogP contribution < -0.4 is 0 Å². The lowest BCUT2D eigenvalue weighted by atomic mass is 9.73. The van der Waals surface area contributed by atoms with Gasteiger partial charge in [-0.2, -0.15) is 0 Å². The topological polar surface area (TPSA) is 94.9 Å². The van der Waals surface area contributed by atoms with Gasteiger partial charge in [-0.05, 0) is 13.8 Å². The first-order valence-electron chi connectivity index (χ1n) is 5.08. The normalized spacial score (nSPS) is 39.3. The molecule has 2 rings (SSSR count). The molecule has 0 radical (unpaired) electrons. The Morgan fingerprint density at radius 1 is 1.56 bits per heavy atom. The van der Waals surface area contributed by atoms with Crippen molar-refractivity contribution in [2.75, 3.05) is 0 Å². The van der Waals surface area contributed by atoms with Gasteiger partial charge in [0, 0.05) is 6.42 Å². The number of aliphatic hydroxyl groups excluding tert-OH is 1. The molecule has 2 N–H and O–H groups in total. The minimum absolute atomic E-state index is 0.136. The summed E-state index contributed by atoms with van der Waals surface area (Å²) >= 11 is 0. The SMILES string of the molecule is CC(O)[C@]1(C)C(=O)C(C(=O)O)N2C(=O)C[C@H]21. The zero-order valence-electron chi connectivity index (χ0n) is 9.01. The Morgan fingerprint density at radius 3 is 2.44 bits per heavy atom. The molecule has 2 aliphatic rings. The predicted octanol–water partition coefficient (Wildman–Crippen LogP) is -0.990. The predicted molar refractivity (Wildman–Crippen MR) is 51.5 cm³/mol. The lowest BCUT2D eigenvalue weighted by Gasteiger charge is -2.42. The van der Waals surface area contributed by atoms with E-state index in [-0.39, 0.29) is 12.3 Å². The Balaban J connectivity index is 2.44. The van der Waals surface area contributed by atoms with Gasteiger partial charge in [0.2, 0.25) is 5.91 Å². The summed E-state index contributed by atoms with van der Waals surface area (Å²) in [7, 11) is 0. The van der Waals surface area contributed by atoms with E-state index in [1.54, 1.807) is 0 Å². The van der Waals surface area contributed by atoms with E-state index >= 15 is 0 Å². The van der Waals surface area contributed by atoms with Crippen LogP contribution in [0.5, 0.6) is 0 Å². The maximum absolute atomic E-state index is 12.0. The fourth-order valence-electron chi connectivity index (χ4n) is 2.56. The number of Topliss-reactive ketones (excluding diaryl/α,β-unsaturated/α-hetero) is 1. The number of aliphatic hydroxyl groups is 1. The third kappa shape index (κ3) is 1.02. The van der Waals surface area contributed by atoms with Crippen LogP contribution in [0.2, 0.25) is 0 Å². The number of rotatable bonds is 2. The number of amides is 1. The molecule has 2 heterocycles. The smallest absolute Gasteiger partial charge is 0.334 e. The zero-order valence-corrected chi connectivity index (χ0v) is 9.01. The summed E-state index contributed by atoms with van der Waals surface area (Å²) in [5, 5.41) is 18.6. The first-order chi connectivity index (χ1) is 7.31. The fourth-order valence-corrected chi connectivity index (χ4v) is 2.56. The molecule has 0 aliphatic carbocycles. The van der Waals surface area contributed by atoms with Crippen molar-refractivity contribution in [2.24, 2.45) is 5.41 Å². The van der Waals surface area contributed by atoms with E-state index in [0.717, 1.165) is 4.90 Å². The Hall–Kier alpha value is -1.43. The molecule has 2 saturated heterocycles. The van der Waals surface area contributed by atoms with Crippen LogP contribution in [-0.2, 0) is 14.4 Å². The second-order valence-electron chi connectivity index (χ2n) is 4.58. The van der Waals surface area contributed by atoms with Crippen LogP contribution in [0.15, 0.2) is 0 Å². The average molecular weight is 227 g/mol. The number of fused-ring (bicyclic) bond motifs is 1. The summed E-state index contributed by atoms with van der Waals surface area (Å²) < 4.78 is 0. The second-order valence-corrected chi connectivity index (χ2v) is 4.58. The molecule has 0 bridgehead atoms. The van der Waals surface area contributed by atoms with Crippen molar-refractivity contribution in [1.82, 2.24) is 4.90 Å². The summed E-state index contributed by atoms with van der Waals surface area (Å²) in [6.07, 6.45) is -0.832. The first kappa shape index (κ1) is 11.1. The van der Waals surface area contributed by atoms with Crippen molar-refractivity contribution in [3.63, 3.8) is 0 Å². The van der Waals surface area contributed by atoms with Crippen LogP contribution in [0, 0.1) is 5.41 Å². The van der Waals surface area contributed by atoms with Crippen LogP contribution in [-0.4, -0.2) is 51.0 Å². The zero-order chi connectivity index (χ0) is 12.2. The van der Waals surface area contributed by atoms with Gasteiger partial charge in [-0.25, -0.2) is 4.79 Å². The molecule has 16 heavy (non-hydrogen) atoms. The monoisotopic (exact) mass is 227 g/mol. The molecule has 0 spiro atoms. The molecule has 2 fully saturated rings. The maximum Gasteiger partial charge on any atom is 0.334 e. The Labute approximate surface area is 91.8 Å². The summed E-state index contributed by atoms with van der Waals surface area (Å²) in [5.41, 5.74) is -1.16. The van der Waals surface area contributed by atoms with Crippen molar-refractivity contribution in [1.29, 1.82) is 0 Å². The van der Waals surface area contributed by atoms with Crippen molar-refractivity contribution >= 4 is 17.7 Å². The van der Waals surface area contributed by atoms with Crippen LogP contribution in [0.4, 0.5) is 0 Å². The van der Waals surface area contributed by atoms with E-state index in [4.69, 9.17) is 5.11 Å². The molecule has 2 aliphatic heterocycles. The number of ketones is 1. The lowest BCUT2D eigenvalue weighted by Crippen LogP contribution is -2.58. The van der Waals surface area contributed by atoms with Gasteiger partial charge in [0.05, 0.1) is 17.6 Å². The second kappa shape index (κ2) is 3.04. The minimum Gasteiger partial charge on any atom is -0.479 e. The van der Waals surface area contributed by atoms with Crippen LogP contribution in [0.3, 0.4) is 0 Å². The molecule has 6 heteroatoms. The average Bonchev–Trinajstić information content (AvgIpc) is 2.36. The van der Waals surface area contributed by atoms with Crippen LogP contribution in [0.25, 0.3) is 0 Å².